The van der Waals surface area contributed by atoms with E-state index in [-0.39, 0.29) is 18.0 Å². The molecule has 1 N–H and O–H groups in total. The summed E-state index contributed by atoms with van der Waals surface area (Å²) in [6.07, 6.45) is 3.19. The molecule has 0 spiro atoms. The van der Waals surface area contributed by atoms with Crippen molar-refractivity contribution >= 4 is 34.5 Å². The lowest BCUT2D eigenvalue weighted by atomic mass is 9.94. The molecule has 1 saturated heterocycles. The standard InChI is InChI=1S/C21H24ClN3O3/c1-12-11-25(21(27)28)13(2)10-24(12)20(26)14-7-8-16-18(9-14)23-17-6-4-3-5-15(17)19(16)22/h7-9,12-13H,3-6,10-11H2,1-2H3,(H,27,28). The molecular formula is C21H24ClN3O3. The third kappa shape index (κ3) is 3.20. The average Bonchev–Trinajstić information content (AvgIpc) is 2.68. The van der Waals surface area contributed by atoms with Crippen LogP contribution in [0, 0.1) is 0 Å². The Balaban J connectivity index is 1.65. The van der Waals surface area contributed by atoms with Crippen LogP contribution in [-0.2, 0) is 12.8 Å². The fraction of sp³-hybridized carbons (Fsp3) is 0.476. The third-order valence-electron chi connectivity index (χ3n) is 5.93. The second kappa shape index (κ2) is 7.24. The fourth-order valence-corrected chi connectivity index (χ4v) is 4.71. The lowest BCUT2D eigenvalue weighted by Crippen LogP contribution is -2.59. The normalized spacial score (nSPS) is 22.2. The van der Waals surface area contributed by atoms with E-state index < -0.39 is 6.09 Å². The maximum atomic E-state index is 13.1. The van der Waals surface area contributed by atoms with Crippen LogP contribution in [0.1, 0.15) is 48.3 Å². The van der Waals surface area contributed by atoms with Crippen LogP contribution in [0.2, 0.25) is 5.02 Å². The third-order valence-corrected chi connectivity index (χ3v) is 6.36. The lowest BCUT2D eigenvalue weighted by molar-refractivity contribution is 0.0330. The Morgan fingerprint density at radius 3 is 2.54 bits per heavy atom. The highest BCUT2D eigenvalue weighted by molar-refractivity contribution is 6.36. The number of piperazine rings is 1. The Kier molecular flexibility index (Phi) is 4.91. The number of benzene rings is 1. The minimum atomic E-state index is -0.944. The van der Waals surface area contributed by atoms with Crippen LogP contribution in [0.25, 0.3) is 10.9 Å². The maximum Gasteiger partial charge on any atom is 0.407 e. The summed E-state index contributed by atoms with van der Waals surface area (Å²) >= 11 is 6.63. The van der Waals surface area contributed by atoms with Crippen LogP contribution < -0.4 is 0 Å². The lowest BCUT2D eigenvalue weighted by Gasteiger charge is -2.42. The zero-order valence-corrected chi connectivity index (χ0v) is 16.9. The molecule has 1 aliphatic heterocycles. The molecule has 2 atom stereocenters. The van der Waals surface area contributed by atoms with Crippen molar-refractivity contribution in [1.82, 2.24) is 14.8 Å². The first-order valence-electron chi connectivity index (χ1n) is 9.78. The quantitative estimate of drug-likeness (QED) is 0.784. The number of hydrogen-bond acceptors (Lipinski definition) is 3. The van der Waals surface area contributed by atoms with Gasteiger partial charge < -0.3 is 14.9 Å². The van der Waals surface area contributed by atoms with Gasteiger partial charge in [-0.15, -0.1) is 0 Å². The Hall–Kier alpha value is -2.34. The fourth-order valence-electron chi connectivity index (χ4n) is 4.34. The molecule has 1 fully saturated rings. The van der Waals surface area contributed by atoms with Crippen molar-refractivity contribution in [2.45, 2.75) is 51.6 Å². The molecule has 148 valence electrons. The summed E-state index contributed by atoms with van der Waals surface area (Å²) in [5.74, 6) is -0.0954. The number of hydrogen-bond donors (Lipinski definition) is 1. The summed E-state index contributed by atoms with van der Waals surface area (Å²) < 4.78 is 0. The summed E-state index contributed by atoms with van der Waals surface area (Å²) in [5, 5.41) is 11.0. The Morgan fingerprint density at radius 2 is 1.79 bits per heavy atom. The van der Waals surface area contributed by atoms with E-state index in [2.05, 4.69) is 0 Å². The number of carbonyl (C=O) groups excluding carboxylic acids is 1. The van der Waals surface area contributed by atoms with Crippen LogP contribution in [0.15, 0.2) is 18.2 Å². The van der Waals surface area contributed by atoms with Gasteiger partial charge in [0.05, 0.1) is 10.5 Å². The van der Waals surface area contributed by atoms with Gasteiger partial charge in [-0.3, -0.25) is 9.78 Å². The molecule has 2 heterocycles. The average molecular weight is 402 g/mol. The van der Waals surface area contributed by atoms with Crippen molar-refractivity contribution in [2.24, 2.45) is 0 Å². The number of amides is 2. The molecule has 1 aromatic heterocycles. The number of nitrogens with zero attached hydrogens (tertiary/aromatic N) is 3. The van der Waals surface area contributed by atoms with Crippen molar-refractivity contribution in [2.75, 3.05) is 13.1 Å². The molecule has 0 saturated carbocycles. The van der Waals surface area contributed by atoms with Gasteiger partial charge in [0.2, 0.25) is 0 Å². The van der Waals surface area contributed by atoms with Crippen molar-refractivity contribution in [3.8, 4) is 0 Å². The van der Waals surface area contributed by atoms with Crippen LogP contribution >= 0.6 is 11.6 Å². The number of carbonyl (C=O) groups is 2. The topological polar surface area (TPSA) is 73.7 Å². The van der Waals surface area contributed by atoms with E-state index in [0.717, 1.165) is 52.9 Å². The molecule has 2 aliphatic rings. The largest absolute Gasteiger partial charge is 0.465 e. The Labute approximate surface area is 169 Å². The van der Waals surface area contributed by atoms with E-state index in [4.69, 9.17) is 16.6 Å². The second-order valence-electron chi connectivity index (χ2n) is 7.88. The van der Waals surface area contributed by atoms with E-state index in [1.54, 1.807) is 11.0 Å². The van der Waals surface area contributed by atoms with Gasteiger partial charge in [-0.2, -0.15) is 0 Å². The minimum Gasteiger partial charge on any atom is -0.465 e. The minimum absolute atomic E-state index is 0.0954. The van der Waals surface area contributed by atoms with Crippen molar-refractivity contribution in [1.29, 1.82) is 0 Å². The second-order valence-corrected chi connectivity index (χ2v) is 8.26. The number of pyridine rings is 1. The molecule has 28 heavy (non-hydrogen) atoms. The predicted molar refractivity (Wildman–Crippen MR) is 108 cm³/mol. The zero-order valence-electron chi connectivity index (χ0n) is 16.1. The van der Waals surface area contributed by atoms with Crippen LogP contribution in [-0.4, -0.2) is 57.1 Å². The van der Waals surface area contributed by atoms with Gasteiger partial charge in [-0.05, 0) is 57.2 Å². The number of fused-ring (bicyclic) bond motifs is 2. The van der Waals surface area contributed by atoms with Gasteiger partial charge >= 0.3 is 6.09 Å². The highest BCUT2D eigenvalue weighted by atomic mass is 35.5. The number of aromatic nitrogens is 1. The van der Waals surface area contributed by atoms with E-state index in [0.29, 0.717) is 18.7 Å². The molecule has 1 aromatic carbocycles. The number of rotatable bonds is 1. The van der Waals surface area contributed by atoms with Gasteiger partial charge in [0.15, 0.2) is 0 Å². The number of aryl methyl sites for hydroxylation is 1. The van der Waals surface area contributed by atoms with Gasteiger partial charge in [0, 0.05) is 41.8 Å². The Morgan fingerprint density at radius 1 is 1.11 bits per heavy atom. The molecule has 2 unspecified atom stereocenters. The number of halogens is 1. The predicted octanol–water partition coefficient (Wildman–Crippen LogP) is 3.98. The molecule has 1 aliphatic carbocycles. The summed E-state index contributed by atoms with van der Waals surface area (Å²) in [6, 6.07) is 5.08. The summed E-state index contributed by atoms with van der Waals surface area (Å²) in [4.78, 5) is 32.4. The molecule has 0 bridgehead atoms. The number of carboxylic acid groups (broad SMARTS) is 1. The molecule has 6 nitrogen and oxygen atoms in total. The van der Waals surface area contributed by atoms with Gasteiger partial charge in [0.1, 0.15) is 0 Å². The highest BCUT2D eigenvalue weighted by Crippen LogP contribution is 2.33. The molecule has 2 amide bonds. The Bertz CT molecular complexity index is 962. The van der Waals surface area contributed by atoms with Gasteiger partial charge in [-0.1, -0.05) is 17.7 Å². The van der Waals surface area contributed by atoms with Gasteiger partial charge in [-0.25, -0.2) is 4.79 Å². The highest BCUT2D eigenvalue weighted by Gasteiger charge is 2.34. The van der Waals surface area contributed by atoms with E-state index in [1.807, 2.05) is 26.0 Å². The first-order valence-corrected chi connectivity index (χ1v) is 10.2. The summed E-state index contributed by atoms with van der Waals surface area (Å²) in [6.45, 7) is 4.40. The van der Waals surface area contributed by atoms with Crippen LogP contribution in [0.3, 0.4) is 0 Å². The smallest absolute Gasteiger partial charge is 0.407 e. The van der Waals surface area contributed by atoms with E-state index in [9.17, 15) is 14.7 Å². The molecular weight excluding hydrogens is 378 g/mol. The molecule has 4 rings (SSSR count). The maximum absolute atomic E-state index is 13.1. The van der Waals surface area contributed by atoms with Crippen molar-refractivity contribution < 1.29 is 14.7 Å². The summed E-state index contributed by atoms with van der Waals surface area (Å²) in [7, 11) is 0. The van der Waals surface area contributed by atoms with Crippen LogP contribution in [0.5, 0.6) is 0 Å². The SMILES string of the molecule is CC1CN(C(=O)c2ccc3c(Cl)c4c(nc3c2)CCCC4)C(C)CN1C(=O)O. The van der Waals surface area contributed by atoms with Crippen molar-refractivity contribution in [3.05, 3.63) is 40.0 Å². The van der Waals surface area contributed by atoms with E-state index >= 15 is 0 Å². The molecule has 0 radical (unpaired) electrons. The first kappa shape index (κ1) is 19.0. The van der Waals surface area contributed by atoms with Crippen molar-refractivity contribution in [3.63, 3.8) is 0 Å². The van der Waals surface area contributed by atoms with Gasteiger partial charge in [0.25, 0.3) is 5.91 Å². The monoisotopic (exact) mass is 401 g/mol. The zero-order chi connectivity index (χ0) is 20.0. The molecule has 2 aromatic rings. The first-order chi connectivity index (χ1) is 13.4. The van der Waals surface area contributed by atoms with Crippen LogP contribution in [0.4, 0.5) is 4.79 Å². The van der Waals surface area contributed by atoms with E-state index in [1.165, 1.54) is 4.90 Å². The molecule has 7 heteroatoms. The summed E-state index contributed by atoms with van der Waals surface area (Å²) in [5.41, 5.74) is 3.51.